The monoisotopic (exact) mass is 378 g/mol. The molecule has 0 fully saturated rings. The Morgan fingerprint density at radius 3 is 2.72 bits per heavy atom. The summed E-state index contributed by atoms with van der Waals surface area (Å²) in [4.78, 5) is 16.4. The quantitative estimate of drug-likeness (QED) is 0.732. The van der Waals surface area contributed by atoms with Gasteiger partial charge < -0.3 is 9.73 Å². The lowest BCUT2D eigenvalue weighted by atomic mass is 10.2. The molecule has 0 unspecified atom stereocenters. The van der Waals surface area contributed by atoms with Crippen molar-refractivity contribution in [2.45, 2.75) is 18.2 Å². The standard InChI is InChI=1S/C17H15ClN2O4S/c1-11-19-13-6-4-7-14(17(13)24-11)20-16(21)9-10-25(22,23)15-8-3-2-5-12(15)18/h2-8H,9-10H2,1H3,(H,20,21). The van der Waals surface area contributed by atoms with Gasteiger partial charge in [0, 0.05) is 13.3 Å². The number of oxazole rings is 1. The first-order valence-corrected chi connectivity index (χ1v) is 9.53. The van der Waals surface area contributed by atoms with Gasteiger partial charge in [-0.3, -0.25) is 4.79 Å². The zero-order valence-electron chi connectivity index (χ0n) is 13.3. The Morgan fingerprint density at radius 2 is 1.96 bits per heavy atom. The Labute approximate surface area is 149 Å². The van der Waals surface area contributed by atoms with E-state index in [1.165, 1.54) is 12.1 Å². The van der Waals surface area contributed by atoms with Crippen LogP contribution in [0.3, 0.4) is 0 Å². The Bertz CT molecular complexity index is 1040. The predicted molar refractivity (Wildman–Crippen MR) is 95.5 cm³/mol. The molecular weight excluding hydrogens is 364 g/mol. The normalized spacial score (nSPS) is 11.6. The van der Waals surface area contributed by atoms with Gasteiger partial charge in [0.25, 0.3) is 0 Å². The lowest BCUT2D eigenvalue weighted by Crippen LogP contribution is -2.17. The summed E-state index contributed by atoms with van der Waals surface area (Å²) >= 11 is 5.92. The third kappa shape index (κ3) is 3.83. The van der Waals surface area contributed by atoms with E-state index in [1.807, 2.05) is 0 Å². The Hall–Kier alpha value is -2.38. The Morgan fingerprint density at radius 1 is 1.20 bits per heavy atom. The summed E-state index contributed by atoms with van der Waals surface area (Å²) < 4.78 is 30.1. The van der Waals surface area contributed by atoms with Crippen LogP contribution in [-0.2, 0) is 14.6 Å². The fraction of sp³-hybridized carbons (Fsp3) is 0.176. The number of carbonyl (C=O) groups is 1. The molecule has 0 bridgehead atoms. The molecule has 25 heavy (non-hydrogen) atoms. The summed E-state index contributed by atoms with van der Waals surface area (Å²) in [6.07, 6.45) is -0.197. The summed E-state index contributed by atoms with van der Waals surface area (Å²) in [6.45, 7) is 1.71. The maximum absolute atomic E-state index is 12.3. The van der Waals surface area contributed by atoms with Crippen molar-refractivity contribution in [2.75, 3.05) is 11.1 Å². The van der Waals surface area contributed by atoms with E-state index in [2.05, 4.69) is 10.3 Å². The van der Waals surface area contributed by atoms with Gasteiger partial charge in [-0.1, -0.05) is 29.8 Å². The number of carbonyl (C=O) groups excluding carboxylic acids is 1. The minimum Gasteiger partial charge on any atom is -0.439 e. The van der Waals surface area contributed by atoms with Crippen molar-refractivity contribution in [3.05, 3.63) is 53.4 Å². The highest BCUT2D eigenvalue weighted by molar-refractivity contribution is 7.91. The van der Waals surface area contributed by atoms with Gasteiger partial charge in [0.1, 0.15) is 5.52 Å². The first kappa shape index (κ1) is 17.4. The molecule has 130 valence electrons. The molecule has 6 nitrogen and oxygen atoms in total. The third-order valence-corrected chi connectivity index (χ3v) is 5.77. The van der Waals surface area contributed by atoms with Crippen LogP contribution in [0.4, 0.5) is 5.69 Å². The van der Waals surface area contributed by atoms with Crippen LogP contribution in [0.25, 0.3) is 11.1 Å². The van der Waals surface area contributed by atoms with Crippen LogP contribution in [0.5, 0.6) is 0 Å². The highest BCUT2D eigenvalue weighted by Gasteiger charge is 2.19. The molecule has 0 aliphatic carbocycles. The van der Waals surface area contributed by atoms with Crippen LogP contribution in [0.2, 0.25) is 5.02 Å². The SMILES string of the molecule is Cc1nc2cccc(NC(=O)CCS(=O)(=O)c3ccccc3Cl)c2o1. The van der Waals surface area contributed by atoms with E-state index >= 15 is 0 Å². The highest BCUT2D eigenvalue weighted by atomic mass is 35.5. The zero-order chi connectivity index (χ0) is 18.0. The van der Waals surface area contributed by atoms with Crippen LogP contribution in [0.15, 0.2) is 51.8 Å². The van der Waals surface area contributed by atoms with Crippen molar-refractivity contribution in [1.82, 2.24) is 4.98 Å². The highest BCUT2D eigenvalue weighted by Crippen LogP contribution is 2.25. The maximum atomic E-state index is 12.3. The molecule has 3 aromatic rings. The second-order valence-electron chi connectivity index (χ2n) is 5.43. The second kappa shape index (κ2) is 6.85. The van der Waals surface area contributed by atoms with Gasteiger partial charge in [-0.2, -0.15) is 0 Å². The number of aromatic nitrogens is 1. The van der Waals surface area contributed by atoms with Gasteiger partial charge in [-0.05, 0) is 24.3 Å². The maximum Gasteiger partial charge on any atom is 0.225 e. The topological polar surface area (TPSA) is 89.3 Å². The number of aryl methyl sites for hydroxylation is 1. The molecular formula is C17H15ClN2O4S. The number of anilines is 1. The second-order valence-corrected chi connectivity index (χ2v) is 7.92. The summed E-state index contributed by atoms with van der Waals surface area (Å²) in [5.41, 5.74) is 1.54. The number of benzene rings is 2. The number of para-hydroxylation sites is 1. The molecule has 0 saturated carbocycles. The van der Waals surface area contributed by atoms with Gasteiger partial charge in [0.2, 0.25) is 5.91 Å². The minimum absolute atomic E-state index is 0.0254. The van der Waals surface area contributed by atoms with Gasteiger partial charge in [-0.15, -0.1) is 0 Å². The molecule has 8 heteroatoms. The molecule has 1 aromatic heterocycles. The summed E-state index contributed by atoms with van der Waals surface area (Å²) in [5, 5.41) is 2.81. The number of halogens is 1. The minimum atomic E-state index is -3.65. The molecule has 0 spiro atoms. The number of rotatable bonds is 5. The number of hydrogen-bond donors (Lipinski definition) is 1. The number of fused-ring (bicyclic) bond motifs is 1. The molecule has 1 heterocycles. The van der Waals surface area contributed by atoms with E-state index in [0.29, 0.717) is 22.7 Å². The number of amides is 1. The van der Waals surface area contributed by atoms with E-state index in [1.54, 1.807) is 37.3 Å². The molecule has 3 rings (SSSR count). The molecule has 1 N–H and O–H groups in total. The van der Waals surface area contributed by atoms with Gasteiger partial charge in [0.15, 0.2) is 21.3 Å². The molecule has 0 aliphatic rings. The van der Waals surface area contributed by atoms with Crippen molar-refractivity contribution >= 4 is 44.1 Å². The average molecular weight is 379 g/mol. The third-order valence-electron chi connectivity index (χ3n) is 3.57. The fourth-order valence-electron chi connectivity index (χ4n) is 2.41. The van der Waals surface area contributed by atoms with Crippen LogP contribution in [0, 0.1) is 6.92 Å². The largest absolute Gasteiger partial charge is 0.439 e. The van der Waals surface area contributed by atoms with Crippen molar-refractivity contribution in [1.29, 1.82) is 0 Å². The van der Waals surface area contributed by atoms with E-state index in [0.717, 1.165) is 0 Å². The van der Waals surface area contributed by atoms with Gasteiger partial charge in [0.05, 0.1) is 21.4 Å². The number of nitrogens with zero attached hydrogens (tertiary/aromatic N) is 1. The van der Waals surface area contributed by atoms with Crippen molar-refractivity contribution < 1.29 is 17.6 Å². The van der Waals surface area contributed by atoms with Crippen LogP contribution < -0.4 is 5.32 Å². The zero-order valence-corrected chi connectivity index (χ0v) is 14.9. The van der Waals surface area contributed by atoms with E-state index < -0.39 is 15.7 Å². The number of hydrogen-bond acceptors (Lipinski definition) is 5. The fourth-order valence-corrected chi connectivity index (χ4v) is 4.22. The van der Waals surface area contributed by atoms with Gasteiger partial charge in [-0.25, -0.2) is 13.4 Å². The summed E-state index contributed by atoms with van der Waals surface area (Å²) in [7, 11) is -3.65. The Kier molecular flexibility index (Phi) is 4.78. The molecule has 0 atom stereocenters. The molecule has 0 aliphatic heterocycles. The molecule has 0 saturated heterocycles. The van der Waals surface area contributed by atoms with Crippen molar-refractivity contribution in [3.8, 4) is 0 Å². The van der Waals surface area contributed by atoms with Crippen molar-refractivity contribution in [3.63, 3.8) is 0 Å². The van der Waals surface area contributed by atoms with Crippen molar-refractivity contribution in [2.24, 2.45) is 0 Å². The van der Waals surface area contributed by atoms with E-state index in [4.69, 9.17) is 16.0 Å². The molecule has 2 aromatic carbocycles. The van der Waals surface area contributed by atoms with Crippen LogP contribution in [-0.4, -0.2) is 25.1 Å². The summed E-state index contributed by atoms with van der Waals surface area (Å²) in [5.74, 6) is -0.288. The average Bonchev–Trinajstić information content (AvgIpc) is 2.95. The lowest BCUT2D eigenvalue weighted by molar-refractivity contribution is -0.115. The first-order chi connectivity index (χ1) is 11.9. The first-order valence-electron chi connectivity index (χ1n) is 7.50. The van der Waals surface area contributed by atoms with Gasteiger partial charge >= 0.3 is 0 Å². The number of sulfone groups is 1. The number of nitrogens with one attached hydrogen (secondary N) is 1. The van der Waals surface area contributed by atoms with Crippen LogP contribution >= 0.6 is 11.6 Å². The Balaban J connectivity index is 1.72. The predicted octanol–water partition coefficient (Wildman–Crippen LogP) is 3.59. The smallest absolute Gasteiger partial charge is 0.225 e. The van der Waals surface area contributed by atoms with E-state index in [-0.39, 0.29) is 22.1 Å². The summed E-state index contributed by atoms with van der Waals surface area (Å²) in [6, 6.07) is 11.3. The van der Waals surface area contributed by atoms with Crippen LogP contribution in [0.1, 0.15) is 12.3 Å². The lowest BCUT2D eigenvalue weighted by Gasteiger charge is -2.07. The van der Waals surface area contributed by atoms with E-state index in [9.17, 15) is 13.2 Å². The molecule has 0 radical (unpaired) electrons. The molecule has 1 amide bonds.